The molecular weight excluding hydrogens is 306 g/mol. The summed E-state index contributed by atoms with van der Waals surface area (Å²) in [6.45, 7) is 4.01. The van der Waals surface area contributed by atoms with E-state index in [0.29, 0.717) is 5.82 Å². The third-order valence-electron chi connectivity index (χ3n) is 3.37. The molecule has 0 bridgehead atoms. The second kappa shape index (κ2) is 6.71. The van der Waals surface area contributed by atoms with Crippen molar-refractivity contribution in [2.24, 2.45) is 0 Å². The van der Waals surface area contributed by atoms with Crippen LogP contribution in [0, 0.1) is 13.8 Å². The van der Waals surface area contributed by atoms with Gasteiger partial charge >= 0.3 is 0 Å². The molecule has 0 aliphatic rings. The fraction of sp³-hybridized carbons (Fsp3) is 0.167. The molecular formula is C18H17N3OS. The van der Waals surface area contributed by atoms with Crippen molar-refractivity contribution in [1.82, 2.24) is 9.97 Å². The predicted molar refractivity (Wildman–Crippen MR) is 93.6 cm³/mol. The van der Waals surface area contributed by atoms with Crippen LogP contribution in [-0.4, -0.2) is 15.9 Å². The summed E-state index contributed by atoms with van der Waals surface area (Å²) in [5.41, 5.74) is 4.13. The maximum atomic E-state index is 12.1. The first-order valence-electron chi connectivity index (χ1n) is 7.34. The SMILES string of the molecule is Cc1ccc(-c2nc(CC(=O)Nc3ccc(C)cn3)cs2)cc1. The molecule has 1 N–H and O–H groups in total. The Morgan fingerprint density at radius 2 is 1.83 bits per heavy atom. The average Bonchev–Trinajstić information content (AvgIpc) is 2.98. The maximum Gasteiger partial charge on any atom is 0.231 e. The molecule has 0 fully saturated rings. The average molecular weight is 323 g/mol. The number of aryl methyl sites for hydroxylation is 2. The number of nitrogens with zero attached hydrogens (tertiary/aromatic N) is 2. The molecule has 0 unspecified atom stereocenters. The largest absolute Gasteiger partial charge is 0.310 e. The van der Waals surface area contributed by atoms with E-state index < -0.39 is 0 Å². The van der Waals surface area contributed by atoms with E-state index in [1.54, 1.807) is 23.6 Å². The highest BCUT2D eigenvalue weighted by molar-refractivity contribution is 7.13. The van der Waals surface area contributed by atoms with Crippen LogP contribution in [0.4, 0.5) is 5.82 Å². The standard InChI is InChI=1S/C18H17N3OS/c1-12-3-6-14(7-4-12)18-20-15(11-23-18)9-17(22)21-16-8-5-13(2)10-19-16/h3-8,10-11H,9H2,1-2H3,(H,19,21,22). The van der Waals surface area contributed by atoms with E-state index in [-0.39, 0.29) is 12.3 Å². The van der Waals surface area contributed by atoms with Gasteiger partial charge in [0.25, 0.3) is 0 Å². The molecule has 2 aromatic heterocycles. The molecule has 0 saturated carbocycles. The zero-order chi connectivity index (χ0) is 16.2. The Labute approximate surface area is 139 Å². The molecule has 0 radical (unpaired) electrons. The minimum absolute atomic E-state index is 0.109. The molecule has 1 amide bonds. The number of rotatable bonds is 4. The number of thiazole rings is 1. The molecule has 23 heavy (non-hydrogen) atoms. The number of nitrogens with one attached hydrogen (secondary N) is 1. The number of anilines is 1. The number of amides is 1. The first-order valence-corrected chi connectivity index (χ1v) is 8.22. The molecule has 0 saturated heterocycles. The summed E-state index contributed by atoms with van der Waals surface area (Å²) in [5, 5.41) is 5.65. The minimum Gasteiger partial charge on any atom is -0.310 e. The Hall–Kier alpha value is -2.53. The summed E-state index contributed by atoms with van der Waals surface area (Å²) in [6.07, 6.45) is 1.98. The lowest BCUT2D eigenvalue weighted by molar-refractivity contribution is -0.115. The van der Waals surface area contributed by atoms with Crippen molar-refractivity contribution in [3.63, 3.8) is 0 Å². The first-order chi connectivity index (χ1) is 11.1. The fourth-order valence-electron chi connectivity index (χ4n) is 2.11. The third-order valence-corrected chi connectivity index (χ3v) is 4.31. The lowest BCUT2D eigenvalue weighted by Crippen LogP contribution is -2.15. The third kappa shape index (κ3) is 4.02. The van der Waals surface area contributed by atoms with Crippen LogP contribution < -0.4 is 5.32 Å². The lowest BCUT2D eigenvalue weighted by Gasteiger charge is -2.03. The fourth-order valence-corrected chi connectivity index (χ4v) is 2.94. The molecule has 4 nitrogen and oxygen atoms in total. The van der Waals surface area contributed by atoms with Crippen molar-refractivity contribution in [1.29, 1.82) is 0 Å². The van der Waals surface area contributed by atoms with E-state index in [1.807, 2.05) is 30.5 Å². The number of carbonyl (C=O) groups excluding carboxylic acids is 1. The van der Waals surface area contributed by atoms with E-state index in [2.05, 4.69) is 34.3 Å². The Morgan fingerprint density at radius 1 is 1.09 bits per heavy atom. The molecule has 0 aliphatic heterocycles. The van der Waals surface area contributed by atoms with Crippen LogP contribution in [0.2, 0.25) is 0 Å². The van der Waals surface area contributed by atoms with Crippen molar-refractivity contribution in [2.75, 3.05) is 5.32 Å². The summed E-state index contributed by atoms with van der Waals surface area (Å²) in [4.78, 5) is 20.8. The van der Waals surface area contributed by atoms with Crippen molar-refractivity contribution < 1.29 is 4.79 Å². The van der Waals surface area contributed by atoms with Crippen LogP contribution in [0.5, 0.6) is 0 Å². The van der Waals surface area contributed by atoms with Gasteiger partial charge in [0.05, 0.1) is 12.1 Å². The number of pyridine rings is 1. The Kier molecular flexibility index (Phi) is 4.48. The molecule has 1 aromatic carbocycles. The second-order valence-corrected chi connectivity index (χ2v) is 6.31. The van der Waals surface area contributed by atoms with Crippen LogP contribution in [0.3, 0.4) is 0 Å². The van der Waals surface area contributed by atoms with Crippen molar-refractivity contribution in [2.45, 2.75) is 20.3 Å². The molecule has 0 spiro atoms. The van der Waals surface area contributed by atoms with Gasteiger partial charge in [0.15, 0.2) is 0 Å². The highest BCUT2D eigenvalue weighted by atomic mass is 32.1. The second-order valence-electron chi connectivity index (χ2n) is 5.46. The number of benzene rings is 1. The lowest BCUT2D eigenvalue weighted by atomic mass is 10.2. The summed E-state index contributed by atoms with van der Waals surface area (Å²) < 4.78 is 0. The van der Waals surface area contributed by atoms with E-state index in [4.69, 9.17) is 0 Å². The number of aromatic nitrogens is 2. The normalized spacial score (nSPS) is 10.5. The Balaban J connectivity index is 1.65. The first kappa shape index (κ1) is 15.4. The van der Waals surface area contributed by atoms with Gasteiger partial charge in [-0.2, -0.15) is 0 Å². The van der Waals surface area contributed by atoms with Crippen LogP contribution in [0.25, 0.3) is 10.6 Å². The smallest absolute Gasteiger partial charge is 0.231 e. The Morgan fingerprint density at radius 3 is 2.52 bits per heavy atom. The topological polar surface area (TPSA) is 54.9 Å². The van der Waals surface area contributed by atoms with Crippen LogP contribution in [0.15, 0.2) is 48.0 Å². The van der Waals surface area contributed by atoms with Gasteiger partial charge in [-0.1, -0.05) is 35.9 Å². The van der Waals surface area contributed by atoms with Gasteiger partial charge in [-0.15, -0.1) is 11.3 Å². The van der Waals surface area contributed by atoms with Gasteiger partial charge in [0, 0.05) is 17.1 Å². The van der Waals surface area contributed by atoms with Gasteiger partial charge < -0.3 is 5.32 Å². The molecule has 3 aromatic rings. The molecule has 0 atom stereocenters. The van der Waals surface area contributed by atoms with E-state index in [0.717, 1.165) is 21.8 Å². The van der Waals surface area contributed by atoms with Crippen LogP contribution in [0.1, 0.15) is 16.8 Å². The van der Waals surface area contributed by atoms with Crippen molar-refractivity contribution in [3.8, 4) is 10.6 Å². The highest BCUT2D eigenvalue weighted by Gasteiger charge is 2.09. The predicted octanol–water partition coefficient (Wildman–Crippen LogP) is 4.00. The van der Waals surface area contributed by atoms with Crippen LogP contribution in [-0.2, 0) is 11.2 Å². The Bertz CT molecular complexity index is 807. The van der Waals surface area contributed by atoms with Gasteiger partial charge in [0.1, 0.15) is 10.8 Å². The van der Waals surface area contributed by atoms with Gasteiger partial charge in [-0.25, -0.2) is 9.97 Å². The van der Waals surface area contributed by atoms with Gasteiger partial charge in [-0.05, 0) is 25.5 Å². The van der Waals surface area contributed by atoms with E-state index in [9.17, 15) is 4.79 Å². The number of hydrogen-bond donors (Lipinski definition) is 1. The summed E-state index contributed by atoms with van der Waals surface area (Å²) in [7, 11) is 0. The van der Waals surface area contributed by atoms with Crippen molar-refractivity contribution in [3.05, 3.63) is 64.8 Å². The zero-order valence-corrected chi connectivity index (χ0v) is 13.9. The van der Waals surface area contributed by atoms with Gasteiger partial charge in [0.2, 0.25) is 5.91 Å². The van der Waals surface area contributed by atoms with E-state index in [1.165, 1.54) is 5.56 Å². The molecule has 3 rings (SSSR count). The molecule has 5 heteroatoms. The molecule has 116 valence electrons. The number of carbonyl (C=O) groups is 1. The monoisotopic (exact) mass is 323 g/mol. The van der Waals surface area contributed by atoms with Gasteiger partial charge in [-0.3, -0.25) is 4.79 Å². The quantitative estimate of drug-likeness (QED) is 0.789. The summed E-state index contributed by atoms with van der Waals surface area (Å²) in [5.74, 6) is 0.455. The van der Waals surface area contributed by atoms with E-state index >= 15 is 0 Å². The zero-order valence-electron chi connectivity index (χ0n) is 13.0. The molecule has 2 heterocycles. The minimum atomic E-state index is -0.109. The van der Waals surface area contributed by atoms with Crippen molar-refractivity contribution >= 4 is 23.1 Å². The summed E-state index contributed by atoms with van der Waals surface area (Å²) >= 11 is 1.55. The van der Waals surface area contributed by atoms with Crippen LogP contribution >= 0.6 is 11.3 Å². The number of hydrogen-bond acceptors (Lipinski definition) is 4. The highest BCUT2D eigenvalue weighted by Crippen LogP contribution is 2.24. The summed E-state index contributed by atoms with van der Waals surface area (Å²) in [6, 6.07) is 11.9. The maximum absolute atomic E-state index is 12.1. The molecule has 0 aliphatic carbocycles.